The van der Waals surface area contributed by atoms with Gasteiger partial charge in [-0.1, -0.05) is 27.5 Å². The fraction of sp³-hybridized carbons (Fsp3) is 0.154. The molecule has 1 aromatic heterocycles. The molecule has 0 spiro atoms. The highest BCUT2D eigenvalue weighted by Gasteiger charge is 2.12. The Morgan fingerprint density at radius 1 is 1.35 bits per heavy atom. The van der Waals surface area contributed by atoms with Gasteiger partial charge in [-0.2, -0.15) is 0 Å². The summed E-state index contributed by atoms with van der Waals surface area (Å²) in [7, 11) is 1.75. The van der Waals surface area contributed by atoms with Gasteiger partial charge in [-0.05, 0) is 46.3 Å². The normalized spacial score (nSPS) is 10.4. The molecule has 7 heteroatoms. The van der Waals surface area contributed by atoms with E-state index in [1.807, 2.05) is 30.3 Å². The van der Waals surface area contributed by atoms with Crippen molar-refractivity contribution >= 4 is 66.5 Å². The van der Waals surface area contributed by atoms with Gasteiger partial charge in [-0.3, -0.25) is 0 Å². The van der Waals surface area contributed by atoms with Crippen molar-refractivity contribution in [3.05, 3.63) is 48.5 Å². The summed E-state index contributed by atoms with van der Waals surface area (Å²) in [6.07, 6.45) is 0. The maximum atomic E-state index is 12.1. The van der Waals surface area contributed by atoms with Crippen LogP contribution < -0.4 is 5.32 Å². The molecule has 0 aliphatic heterocycles. The second-order valence-electron chi connectivity index (χ2n) is 4.12. The smallest absolute Gasteiger partial charge is 0.321 e. The van der Waals surface area contributed by atoms with E-state index in [0.717, 1.165) is 23.8 Å². The highest BCUT2D eigenvalue weighted by atomic mass is 79.9. The molecule has 1 aromatic carbocycles. The number of thiophene rings is 1. The summed E-state index contributed by atoms with van der Waals surface area (Å²) >= 11 is 14.1. The monoisotopic (exact) mass is 436 g/mol. The zero-order valence-corrected chi connectivity index (χ0v) is 15.2. The maximum absolute atomic E-state index is 12.1. The number of carbonyl (C=O) groups is 1. The van der Waals surface area contributed by atoms with Crippen molar-refractivity contribution in [2.75, 3.05) is 12.4 Å². The van der Waals surface area contributed by atoms with Crippen molar-refractivity contribution in [3.8, 4) is 0 Å². The molecule has 0 unspecified atom stereocenters. The zero-order chi connectivity index (χ0) is 14.7. The van der Waals surface area contributed by atoms with Crippen LogP contribution in [0.5, 0.6) is 0 Å². The number of nitrogens with zero attached hydrogens (tertiary/aromatic N) is 1. The van der Waals surface area contributed by atoms with Gasteiger partial charge in [0.2, 0.25) is 0 Å². The van der Waals surface area contributed by atoms with Crippen LogP contribution in [0.3, 0.4) is 0 Å². The van der Waals surface area contributed by atoms with E-state index in [9.17, 15) is 4.79 Å². The van der Waals surface area contributed by atoms with Gasteiger partial charge in [0, 0.05) is 20.9 Å². The molecule has 0 fully saturated rings. The molecule has 0 radical (unpaired) electrons. The first-order valence-electron chi connectivity index (χ1n) is 5.67. The van der Waals surface area contributed by atoms with Gasteiger partial charge in [0.1, 0.15) is 0 Å². The Labute approximate surface area is 143 Å². The Morgan fingerprint density at radius 3 is 2.70 bits per heavy atom. The van der Waals surface area contributed by atoms with Crippen molar-refractivity contribution in [2.24, 2.45) is 0 Å². The minimum absolute atomic E-state index is 0.169. The van der Waals surface area contributed by atoms with Crippen molar-refractivity contribution in [3.63, 3.8) is 0 Å². The first-order valence-corrected chi connectivity index (χ1v) is 8.45. The fourth-order valence-corrected chi connectivity index (χ4v) is 3.83. The number of rotatable bonds is 3. The first kappa shape index (κ1) is 15.8. The molecule has 0 aliphatic carbocycles. The summed E-state index contributed by atoms with van der Waals surface area (Å²) in [4.78, 5) is 14.8. The van der Waals surface area contributed by atoms with Crippen molar-refractivity contribution < 1.29 is 4.79 Å². The maximum Gasteiger partial charge on any atom is 0.321 e. The van der Waals surface area contributed by atoms with Gasteiger partial charge in [0.05, 0.1) is 16.6 Å². The van der Waals surface area contributed by atoms with Crippen LogP contribution >= 0.6 is 54.8 Å². The predicted molar refractivity (Wildman–Crippen MR) is 91.7 cm³/mol. The van der Waals surface area contributed by atoms with E-state index in [1.54, 1.807) is 11.9 Å². The van der Waals surface area contributed by atoms with Crippen LogP contribution in [0.2, 0.25) is 4.34 Å². The Hall–Kier alpha value is -0.560. The quantitative estimate of drug-likeness (QED) is 0.666. The molecular weight excluding hydrogens is 427 g/mol. The van der Waals surface area contributed by atoms with E-state index in [4.69, 9.17) is 11.6 Å². The topological polar surface area (TPSA) is 32.3 Å². The summed E-state index contributed by atoms with van der Waals surface area (Å²) in [5, 5.41) is 2.86. The molecule has 0 saturated carbocycles. The van der Waals surface area contributed by atoms with Crippen molar-refractivity contribution in [2.45, 2.75) is 6.54 Å². The van der Waals surface area contributed by atoms with Crippen LogP contribution in [0.25, 0.3) is 0 Å². The van der Waals surface area contributed by atoms with Gasteiger partial charge in [-0.25, -0.2) is 4.79 Å². The number of anilines is 1. The molecule has 106 valence electrons. The predicted octanol–water partition coefficient (Wildman–Crippen LogP) is 5.59. The fourth-order valence-electron chi connectivity index (χ4n) is 1.54. The van der Waals surface area contributed by atoms with Gasteiger partial charge in [0.15, 0.2) is 0 Å². The molecule has 0 bridgehead atoms. The van der Waals surface area contributed by atoms with E-state index in [0.29, 0.717) is 6.54 Å². The average molecular weight is 439 g/mol. The number of halogens is 3. The summed E-state index contributed by atoms with van der Waals surface area (Å²) < 4.78 is 2.50. The van der Waals surface area contributed by atoms with E-state index >= 15 is 0 Å². The molecule has 1 N–H and O–H groups in total. The molecule has 2 amide bonds. The number of urea groups is 1. The lowest BCUT2D eigenvalue weighted by atomic mass is 10.3. The third-order valence-electron chi connectivity index (χ3n) is 2.54. The molecule has 0 atom stereocenters. The van der Waals surface area contributed by atoms with Crippen LogP contribution in [0.4, 0.5) is 10.5 Å². The lowest BCUT2D eigenvalue weighted by Crippen LogP contribution is -2.30. The number of nitrogens with one attached hydrogen (secondary N) is 1. The third kappa shape index (κ3) is 4.22. The minimum atomic E-state index is -0.169. The Balaban J connectivity index is 2.00. The lowest BCUT2D eigenvalue weighted by molar-refractivity contribution is 0.221. The van der Waals surface area contributed by atoms with Gasteiger partial charge in [-0.15, -0.1) is 11.3 Å². The van der Waals surface area contributed by atoms with E-state index in [-0.39, 0.29) is 6.03 Å². The minimum Gasteiger partial charge on any atom is -0.322 e. The molecule has 0 saturated heterocycles. The molecule has 2 aromatic rings. The second-order valence-corrected chi connectivity index (χ2v) is 7.69. The van der Waals surface area contributed by atoms with Gasteiger partial charge >= 0.3 is 6.03 Å². The summed E-state index contributed by atoms with van der Waals surface area (Å²) in [6.45, 7) is 0.525. The average Bonchev–Trinajstić information content (AvgIpc) is 2.78. The highest BCUT2D eigenvalue weighted by Crippen LogP contribution is 2.27. The van der Waals surface area contributed by atoms with E-state index in [1.165, 1.54) is 11.3 Å². The Morgan fingerprint density at radius 2 is 2.10 bits per heavy atom. The van der Waals surface area contributed by atoms with Gasteiger partial charge < -0.3 is 10.2 Å². The van der Waals surface area contributed by atoms with Gasteiger partial charge in [0.25, 0.3) is 0 Å². The Bertz CT molecular complexity index is 633. The van der Waals surface area contributed by atoms with Crippen LogP contribution in [0.15, 0.2) is 39.3 Å². The van der Waals surface area contributed by atoms with Crippen LogP contribution in [-0.2, 0) is 6.54 Å². The van der Waals surface area contributed by atoms with Crippen LogP contribution in [0, 0.1) is 0 Å². The highest BCUT2D eigenvalue weighted by molar-refractivity contribution is 9.11. The van der Waals surface area contributed by atoms with E-state index in [2.05, 4.69) is 37.2 Å². The number of hydrogen-bond acceptors (Lipinski definition) is 2. The van der Waals surface area contributed by atoms with Crippen LogP contribution in [0.1, 0.15) is 4.88 Å². The van der Waals surface area contributed by atoms with Crippen molar-refractivity contribution in [1.29, 1.82) is 0 Å². The number of amides is 2. The lowest BCUT2D eigenvalue weighted by Gasteiger charge is -2.17. The van der Waals surface area contributed by atoms with E-state index < -0.39 is 0 Å². The zero-order valence-electron chi connectivity index (χ0n) is 10.5. The summed E-state index contributed by atoms with van der Waals surface area (Å²) in [6, 6.07) is 9.18. The number of benzene rings is 1. The Kier molecular flexibility index (Phi) is 5.49. The van der Waals surface area contributed by atoms with Crippen LogP contribution in [-0.4, -0.2) is 18.0 Å². The molecular formula is C13H11Br2ClN2OS. The summed E-state index contributed by atoms with van der Waals surface area (Å²) in [5.74, 6) is 0. The second kappa shape index (κ2) is 6.93. The number of carbonyl (C=O) groups excluding carboxylic acids is 1. The third-order valence-corrected chi connectivity index (χ3v) is 4.91. The molecule has 1 heterocycles. The molecule has 20 heavy (non-hydrogen) atoms. The molecule has 3 nitrogen and oxygen atoms in total. The number of hydrogen-bond donors (Lipinski definition) is 1. The SMILES string of the molecule is CN(Cc1ccc(Cl)s1)C(=O)Nc1ccc(Br)cc1Br. The summed E-state index contributed by atoms with van der Waals surface area (Å²) in [5.41, 5.74) is 0.731. The largest absolute Gasteiger partial charge is 0.322 e. The van der Waals surface area contributed by atoms with Crippen molar-refractivity contribution in [1.82, 2.24) is 4.90 Å². The molecule has 2 rings (SSSR count). The first-order chi connectivity index (χ1) is 9.45. The molecule has 0 aliphatic rings. The standard InChI is InChI=1S/C13H11Br2ClN2OS/c1-18(7-9-3-5-12(16)20-9)13(19)17-11-4-2-8(14)6-10(11)15/h2-6H,7H2,1H3,(H,17,19).